The van der Waals surface area contributed by atoms with Crippen LogP contribution in [0.25, 0.3) is 0 Å². The lowest BCUT2D eigenvalue weighted by Crippen LogP contribution is -2.46. The number of rotatable bonds is 4. The molecule has 4 heterocycles. The van der Waals surface area contributed by atoms with Gasteiger partial charge in [0.05, 0.1) is 24.3 Å². The average Bonchev–Trinajstić information content (AvgIpc) is 3.11. The van der Waals surface area contributed by atoms with Gasteiger partial charge in [-0.05, 0) is 18.7 Å². The van der Waals surface area contributed by atoms with E-state index in [9.17, 15) is 0 Å². The molecule has 0 unspecified atom stereocenters. The number of hydrogen-bond acceptors (Lipinski definition) is 7. The van der Waals surface area contributed by atoms with Crippen molar-refractivity contribution in [2.45, 2.75) is 6.92 Å². The van der Waals surface area contributed by atoms with Crippen molar-refractivity contribution in [2.75, 3.05) is 49.6 Å². The summed E-state index contributed by atoms with van der Waals surface area (Å²) in [4.78, 5) is 15.8. The van der Waals surface area contributed by atoms with Gasteiger partial charge in [0.25, 0.3) is 0 Å². The molecule has 0 aromatic carbocycles. The van der Waals surface area contributed by atoms with Crippen LogP contribution in [0.5, 0.6) is 0 Å². The molecule has 1 saturated heterocycles. The van der Waals surface area contributed by atoms with E-state index in [0.717, 1.165) is 50.1 Å². The highest BCUT2D eigenvalue weighted by Crippen LogP contribution is 2.21. The molecule has 1 aromatic rings. The maximum Gasteiger partial charge on any atom is 0.309 e. The summed E-state index contributed by atoms with van der Waals surface area (Å²) in [5.74, 6) is 1.64. The van der Waals surface area contributed by atoms with Crippen LogP contribution in [-0.4, -0.2) is 59.5 Å². The van der Waals surface area contributed by atoms with Crippen molar-refractivity contribution in [3.05, 3.63) is 42.6 Å². The molecule has 1 radical (unpaired) electrons. The molecule has 4 rings (SSSR count). The summed E-state index contributed by atoms with van der Waals surface area (Å²) in [5.41, 5.74) is 2.00. The van der Waals surface area contributed by atoms with E-state index in [4.69, 9.17) is 11.8 Å². The summed E-state index contributed by atoms with van der Waals surface area (Å²) in [5, 5.41) is 3.31. The molecule has 0 saturated carbocycles. The van der Waals surface area contributed by atoms with Gasteiger partial charge in [0.1, 0.15) is 11.5 Å². The average molecular weight is 360 g/mol. The number of nitrogens with zero attached hydrogens (tertiary/aromatic N) is 6. The van der Waals surface area contributed by atoms with E-state index in [0.29, 0.717) is 6.67 Å². The summed E-state index contributed by atoms with van der Waals surface area (Å²) >= 11 is 6.15. The summed E-state index contributed by atoms with van der Waals surface area (Å²) in [6, 6.07) is 4.12. The predicted octanol–water partition coefficient (Wildman–Crippen LogP) is 1.93. The Labute approximate surface area is 153 Å². The molecular formula is C17H22ClN7+. The molecule has 1 aromatic heterocycles. The van der Waals surface area contributed by atoms with E-state index in [1.807, 2.05) is 29.6 Å². The normalized spacial score (nSPS) is 21.2. The molecule has 0 spiro atoms. The number of anilines is 2. The molecule has 3 aliphatic rings. The minimum absolute atomic E-state index is 0.582. The summed E-state index contributed by atoms with van der Waals surface area (Å²) in [6.07, 6.45) is 7.45. The summed E-state index contributed by atoms with van der Waals surface area (Å²) < 4.78 is 1.60. The fraction of sp³-hybridized carbons (Fsp3) is 0.412. The van der Waals surface area contributed by atoms with Crippen LogP contribution in [0, 0.1) is 0 Å². The molecule has 1 fully saturated rings. The summed E-state index contributed by atoms with van der Waals surface area (Å²) in [6.45, 7) is 8.23. The third-order valence-corrected chi connectivity index (χ3v) is 4.91. The number of nitrogens with one attached hydrogen (secondary N) is 1. The van der Waals surface area contributed by atoms with Crippen LogP contribution in [0.15, 0.2) is 47.6 Å². The monoisotopic (exact) mass is 359 g/mol. The van der Waals surface area contributed by atoms with Crippen molar-refractivity contribution in [1.29, 1.82) is 0 Å². The molecular weight excluding hydrogens is 338 g/mol. The summed E-state index contributed by atoms with van der Waals surface area (Å²) in [7, 11) is 0. The van der Waals surface area contributed by atoms with Crippen molar-refractivity contribution >= 4 is 29.1 Å². The lowest BCUT2D eigenvalue weighted by atomic mass is 10.2. The zero-order valence-corrected chi connectivity index (χ0v) is 15.0. The first-order chi connectivity index (χ1) is 12.2. The van der Waals surface area contributed by atoms with Crippen molar-refractivity contribution in [3.63, 3.8) is 0 Å². The van der Waals surface area contributed by atoms with Gasteiger partial charge >= 0.3 is 5.84 Å². The Morgan fingerprint density at radius 1 is 1.24 bits per heavy atom. The zero-order valence-electron chi connectivity index (χ0n) is 14.3. The van der Waals surface area contributed by atoms with Gasteiger partial charge in [-0.2, -0.15) is 4.99 Å². The molecule has 3 aliphatic heterocycles. The molecule has 0 bridgehead atoms. The number of fused-ring (bicyclic) bond motifs is 1. The first kappa shape index (κ1) is 16.4. The van der Waals surface area contributed by atoms with Crippen molar-refractivity contribution in [1.82, 2.24) is 19.2 Å². The highest BCUT2D eigenvalue weighted by Gasteiger charge is 2.35. The van der Waals surface area contributed by atoms with Crippen LogP contribution >= 0.6 is 11.8 Å². The molecule has 25 heavy (non-hydrogen) atoms. The number of halogens is 1. The minimum Gasteiger partial charge on any atom is -0.368 e. The largest absolute Gasteiger partial charge is 0.368 e. The number of likely N-dealkylation sites (N-methyl/N-ethyl adjacent to an activating group) is 1. The standard InChI is InChI=1S/C17H22ClN7/c1-2-22-7-9-23(10-8-22)14-3-4-16(20-11-14)21-15-12-25(18)13-24-6-5-19-17(15)24/h3-6,11-12H,2,7-10,13H2,1H3,(H,20,21)/q+1. The van der Waals surface area contributed by atoms with E-state index in [-0.39, 0.29) is 0 Å². The van der Waals surface area contributed by atoms with Gasteiger partial charge in [-0.15, -0.1) is 0 Å². The first-order valence-electron chi connectivity index (χ1n) is 8.59. The van der Waals surface area contributed by atoms with Gasteiger partial charge in [0.15, 0.2) is 6.20 Å². The Bertz CT molecular complexity index is 704. The highest BCUT2D eigenvalue weighted by atomic mass is 35.5. The number of amidine groups is 1. The van der Waals surface area contributed by atoms with Crippen molar-refractivity contribution in [3.8, 4) is 0 Å². The number of pyridine rings is 1. The number of hydrogen-bond donors (Lipinski definition) is 1. The number of aliphatic imine (C=N–C) groups is 1. The van der Waals surface area contributed by atoms with Crippen LogP contribution in [0.3, 0.4) is 0 Å². The molecule has 7 nitrogen and oxygen atoms in total. The van der Waals surface area contributed by atoms with Gasteiger partial charge in [-0.3, -0.25) is 0 Å². The van der Waals surface area contributed by atoms with E-state index in [2.05, 4.69) is 38.1 Å². The Morgan fingerprint density at radius 3 is 2.80 bits per heavy atom. The number of aromatic nitrogens is 1. The van der Waals surface area contributed by atoms with Crippen molar-refractivity contribution < 1.29 is 0 Å². The Kier molecular flexibility index (Phi) is 4.61. The van der Waals surface area contributed by atoms with Crippen LogP contribution in [-0.2, 0) is 0 Å². The van der Waals surface area contributed by atoms with Gasteiger partial charge in [0, 0.05) is 38.0 Å². The fourth-order valence-corrected chi connectivity index (χ4v) is 3.46. The lowest BCUT2D eigenvalue weighted by molar-refractivity contribution is 0.271. The molecule has 0 atom stereocenters. The smallest absolute Gasteiger partial charge is 0.309 e. The molecule has 8 heteroatoms. The van der Waals surface area contributed by atoms with Gasteiger partial charge in [-0.25, -0.2) is 9.40 Å². The third kappa shape index (κ3) is 3.49. The Hall–Kier alpha value is -2.09. The minimum atomic E-state index is 0.582. The quantitative estimate of drug-likeness (QED) is 0.657. The van der Waals surface area contributed by atoms with Crippen LogP contribution in [0.2, 0.25) is 0 Å². The highest BCUT2D eigenvalue weighted by molar-refractivity contribution is 6.16. The first-order valence-corrected chi connectivity index (χ1v) is 8.93. The number of piperazine rings is 1. The maximum absolute atomic E-state index is 6.15. The van der Waals surface area contributed by atoms with E-state index in [1.165, 1.54) is 5.69 Å². The van der Waals surface area contributed by atoms with Crippen LogP contribution in [0.4, 0.5) is 11.5 Å². The van der Waals surface area contributed by atoms with Gasteiger partial charge < -0.3 is 15.1 Å². The Balaban J connectivity index is 1.43. The van der Waals surface area contributed by atoms with E-state index < -0.39 is 0 Å². The van der Waals surface area contributed by atoms with Crippen molar-refractivity contribution in [2.24, 2.45) is 4.99 Å². The second-order valence-corrected chi connectivity index (χ2v) is 6.69. The predicted molar refractivity (Wildman–Crippen MR) is 102 cm³/mol. The molecule has 131 valence electrons. The SMILES string of the molecule is CCN1CCN(c2ccc(NC3=CN(Cl)C[N+]4C=CN=C34)nc2)CC1. The maximum atomic E-state index is 6.15. The Morgan fingerprint density at radius 2 is 2.08 bits per heavy atom. The third-order valence-electron chi connectivity index (χ3n) is 4.71. The second kappa shape index (κ2) is 7.03. The van der Waals surface area contributed by atoms with Crippen LogP contribution in [0.1, 0.15) is 6.92 Å². The molecule has 0 amide bonds. The topological polar surface area (TPSA) is 52.9 Å². The van der Waals surface area contributed by atoms with E-state index in [1.54, 1.807) is 10.6 Å². The van der Waals surface area contributed by atoms with Gasteiger partial charge in [0.2, 0.25) is 6.67 Å². The molecule has 0 aliphatic carbocycles. The van der Waals surface area contributed by atoms with Gasteiger partial charge in [-0.1, -0.05) is 11.8 Å². The second-order valence-electron chi connectivity index (χ2n) is 6.25. The zero-order chi connectivity index (χ0) is 17.2. The lowest BCUT2D eigenvalue weighted by Gasteiger charge is -2.35. The van der Waals surface area contributed by atoms with Crippen LogP contribution < -0.4 is 15.1 Å². The fourth-order valence-electron chi connectivity index (χ4n) is 3.25. The molecule has 1 N–H and O–H groups in total. The van der Waals surface area contributed by atoms with E-state index >= 15 is 0 Å².